The second kappa shape index (κ2) is 9.09. The van der Waals surface area contributed by atoms with Crippen LogP contribution in [0.25, 0.3) is 0 Å². The molecule has 144 valence electrons. The number of unbranched alkanes of at least 4 members (excludes halogenated alkanes) is 1. The lowest BCUT2D eigenvalue weighted by molar-refractivity contribution is -0.142. The second-order valence-electron chi connectivity index (χ2n) is 6.41. The van der Waals surface area contributed by atoms with E-state index in [9.17, 15) is 23.1 Å². The maximum Gasteiger partial charge on any atom is 0.326 e. The number of sulfonamides is 1. The van der Waals surface area contributed by atoms with Gasteiger partial charge in [0.1, 0.15) is 10.9 Å². The normalized spacial score (nSPS) is 17.6. The Bertz CT molecular complexity index is 715. The van der Waals surface area contributed by atoms with Gasteiger partial charge in [-0.05, 0) is 31.4 Å². The Hall–Kier alpha value is -2.00. The topological polar surface area (TPSA) is 117 Å². The highest BCUT2D eigenvalue weighted by Crippen LogP contribution is 2.23. The summed E-state index contributed by atoms with van der Waals surface area (Å²) in [6, 6.07) is 2.17. The van der Waals surface area contributed by atoms with Crippen LogP contribution >= 0.6 is 0 Å². The summed E-state index contributed by atoms with van der Waals surface area (Å²) in [4.78, 5) is 27.6. The summed E-state index contributed by atoms with van der Waals surface area (Å²) >= 11 is 0. The smallest absolute Gasteiger partial charge is 0.326 e. The molecular weight excluding hydrogens is 358 g/mol. The first kappa shape index (κ1) is 20.3. The molecule has 0 radical (unpaired) electrons. The fourth-order valence-electron chi connectivity index (χ4n) is 2.96. The van der Waals surface area contributed by atoms with Gasteiger partial charge in [-0.3, -0.25) is 9.78 Å². The van der Waals surface area contributed by atoms with Gasteiger partial charge in [0.2, 0.25) is 15.9 Å². The molecule has 1 amide bonds. The molecular formula is C17H25N3O5S. The number of aliphatic carboxylic acids is 1. The SMILES string of the molecule is CCCCC(NC(=O)C1CCN(S(=O)(=O)c2cccnc2)CC1)C(=O)O. The van der Waals surface area contributed by atoms with Crippen LogP contribution in [0.2, 0.25) is 0 Å². The van der Waals surface area contributed by atoms with Crippen molar-refractivity contribution in [3.05, 3.63) is 24.5 Å². The van der Waals surface area contributed by atoms with E-state index in [2.05, 4.69) is 10.3 Å². The van der Waals surface area contributed by atoms with Crippen LogP contribution in [-0.2, 0) is 19.6 Å². The summed E-state index contributed by atoms with van der Waals surface area (Å²) < 4.78 is 26.5. The minimum Gasteiger partial charge on any atom is -0.480 e. The van der Waals surface area contributed by atoms with E-state index in [1.807, 2.05) is 6.92 Å². The average molecular weight is 383 g/mol. The third kappa shape index (κ3) is 5.01. The number of nitrogens with one attached hydrogen (secondary N) is 1. The molecule has 0 spiro atoms. The van der Waals surface area contributed by atoms with Gasteiger partial charge in [-0.1, -0.05) is 19.8 Å². The number of amides is 1. The monoisotopic (exact) mass is 383 g/mol. The van der Waals surface area contributed by atoms with Gasteiger partial charge in [-0.15, -0.1) is 0 Å². The summed E-state index contributed by atoms with van der Waals surface area (Å²) in [7, 11) is -3.61. The Labute approximate surface area is 153 Å². The Morgan fingerprint density at radius 1 is 1.38 bits per heavy atom. The number of hydrogen-bond acceptors (Lipinski definition) is 5. The number of carbonyl (C=O) groups excluding carboxylic acids is 1. The van der Waals surface area contributed by atoms with E-state index in [1.54, 1.807) is 6.07 Å². The van der Waals surface area contributed by atoms with E-state index in [1.165, 1.54) is 22.8 Å². The highest BCUT2D eigenvalue weighted by atomic mass is 32.2. The highest BCUT2D eigenvalue weighted by Gasteiger charge is 2.33. The molecule has 0 aliphatic carbocycles. The first-order valence-electron chi connectivity index (χ1n) is 8.79. The van der Waals surface area contributed by atoms with Gasteiger partial charge in [-0.2, -0.15) is 4.31 Å². The van der Waals surface area contributed by atoms with Gasteiger partial charge in [0.05, 0.1) is 0 Å². The summed E-state index contributed by atoms with van der Waals surface area (Å²) in [5, 5.41) is 11.8. The van der Waals surface area contributed by atoms with Gasteiger partial charge in [-0.25, -0.2) is 13.2 Å². The largest absolute Gasteiger partial charge is 0.480 e. The van der Waals surface area contributed by atoms with Crippen molar-refractivity contribution in [2.24, 2.45) is 5.92 Å². The zero-order valence-electron chi connectivity index (χ0n) is 14.8. The molecule has 1 fully saturated rings. The Morgan fingerprint density at radius 2 is 2.08 bits per heavy atom. The lowest BCUT2D eigenvalue weighted by Crippen LogP contribution is -2.47. The number of nitrogens with zero attached hydrogens (tertiary/aromatic N) is 2. The van der Waals surface area contributed by atoms with E-state index in [0.717, 1.165) is 12.8 Å². The lowest BCUT2D eigenvalue weighted by atomic mass is 9.96. The molecule has 1 aliphatic rings. The predicted molar refractivity (Wildman–Crippen MR) is 94.8 cm³/mol. The predicted octanol–water partition coefficient (Wildman–Crippen LogP) is 1.24. The molecule has 0 aromatic carbocycles. The second-order valence-corrected chi connectivity index (χ2v) is 8.35. The molecule has 1 saturated heterocycles. The number of rotatable bonds is 8. The average Bonchev–Trinajstić information content (AvgIpc) is 2.65. The molecule has 2 rings (SSSR count). The van der Waals surface area contributed by atoms with Crippen LogP contribution in [0.3, 0.4) is 0 Å². The van der Waals surface area contributed by atoms with Crippen LogP contribution in [0.1, 0.15) is 39.0 Å². The number of piperidine rings is 1. The Balaban J connectivity index is 1.93. The number of hydrogen-bond donors (Lipinski definition) is 2. The standard InChI is InChI=1S/C17H25N3O5S/c1-2-3-6-15(17(22)23)19-16(21)13-7-10-20(11-8-13)26(24,25)14-5-4-9-18-12-14/h4-5,9,12-13,15H,2-3,6-8,10-11H2,1H3,(H,19,21)(H,22,23). The van der Waals surface area contributed by atoms with Crippen molar-refractivity contribution in [3.8, 4) is 0 Å². The van der Waals surface area contributed by atoms with Crippen molar-refractivity contribution in [1.82, 2.24) is 14.6 Å². The third-order valence-electron chi connectivity index (χ3n) is 4.56. The number of carboxylic acid groups (broad SMARTS) is 1. The maximum absolute atomic E-state index is 12.6. The molecule has 9 heteroatoms. The van der Waals surface area contributed by atoms with Crippen LogP contribution in [-0.4, -0.2) is 53.8 Å². The summed E-state index contributed by atoms with van der Waals surface area (Å²) in [5.41, 5.74) is 0. The van der Waals surface area contributed by atoms with Crippen LogP contribution < -0.4 is 5.32 Å². The van der Waals surface area contributed by atoms with Crippen molar-refractivity contribution >= 4 is 21.9 Å². The highest BCUT2D eigenvalue weighted by molar-refractivity contribution is 7.89. The van der Waals surface area contributed by atoms with Crippen LogP contribution in [0.4, 0.5) is 0 Å². The summed E-state index contributed by atoms with van der Waals surface area (Å²) in [5.74, 6) is -1.73. The molecule has 1 aromatic rings. The van der Waals surface area contributed by atoms with E-state index in [4.69, 9.17) is 0 Å². The van der Waals surface area contributed by atoms with Gasteiger partial charge in [0.15, 0.2) is 0 Å². The lowest BCUT2D eigenvalue weighted by Gasteiger charge is -2.31. The zero-order valence-corrected chi connectivity index (χ0v) is 15.6. The fraction of sp³-hybridized carbons (Fsp3) is 0.588. The Kier molecular flexibility index (Phi) is 7.10. The molecule has 1 aromatic heterocycles. The van der Waals surface area contributed by atoms with E-state index in [-0.39, 0.29) is 29.8 Å². The summed E-state index contributed by atoms with van der Waals surface area (Å²) in [6.07, 6.45) is 5.51. The van der Waals surface area contributed by atoms with Crippen molar-refractivity contribution in [1.29, 1.82) is 0 Å². The zero-order chi connectivity index (χ0) is 19.2. The Morgan fingerprint density at radius 3 is 2.62 bits per heavy atom. The molecule has 0 saturated carbocycles. The third-order valence-corrected chi connectivity index (χ3v) is 6.44. The van der Waals surface area contributed by atoms with Gasteiger partial charge >= 0.3 is 5.97 Å². The molecule has 2 N–H and O–H groups in total. The molecule has 2 heterocycles. The van der Waals surface area contributed by atoms with Crippen molar-refractivity contribution in [3.63, 3.8) is 0 Å². The molecule has 1 atom stereocenters. The van der Waals surface area contributed by atoms with Crippen LogP contribution in [0.5, 0.6) is 0 Å². The quantitative estimate of drug-likeness (QED) is 0.698. The van der Waals surface area contributed by atoms with Crippen molar-refractivity contribution < 1.29 is 23.1 Å². The van der Waals surface area contributed by atoms with E-state index in [0.29, 0.717) is 19.3 Å². The minimum absolute atomic E-state index is 0.133. The van der Waals surface area contributed by atoms with Gasteiger partial charge in [0, 0.05) is 31.4 Å². The van der Waals surface area contributed by atoms with Crippen molar-refractivity contribution in [2.75, 3.05) is 13.1 Å². The van der Waals surface area contributed by atoms with E-state index >= 15 is 0 Å². The molecule has 8 nitrogen and oxygen atoms in total. The van der Waals surface area contributed by atoms with Gasteiger partial charge < -0.3 is 10.4 Å². The molecule has 0 bridgehead atoms. The molecule has 26 heavy (non-hydrogen) atoms. The number of aromatic nitrogens is 1. The number of carboxylic acids is 1. The van der Waals surface area contributed by atoms with E-state index < -0.39 is 22.0 Å². The van der Waals surface area contributed by atoms with Crippen LogP contribution in [0, 0.1) is 5.92 Å². The summed E-state index contributed by atoms with van der Waals surface area (Å²) in [6.45, 7) is 2.41. The maximum atomic E-state index is 12.6. The number of carbonyl (C=O) groups is 2. The molecule has 1 unspecified atom stereocenters. The van der Waals surface area contributed by atoms with Crippen molar-refractivity contribution in [2.45, 2.75) is 50.0 Å². The van der Waals surface area contributed by atoms with Gasteiger partial charge in [0.25, 0.3) is 0 Å². The fourth-order valence-corrected chi connectivity index (χ4v) is 4.40. The molecule has 1 aliphatic heterocycles. The first-order chi connectivity index (χ1) is 12.4. The minimum atomic E-state index is -3.61. The first-order valence-corrected chi connectivity index (χ1v) is 10.2. The van der Waals surface area contributed by atoms with Crippen LogP contribution in [0.15, 0.2) is 29.4 Å². The number of pyridine rings is 1.